The fraction of sp³-hybridized carbons (Fsp3) is 0.0303. The standard InChI is InChI=1S/C33H24BrN3O/c1-23-30(33(38)37(35-23)29-15-9-4-10-16-29)21-26-22-31(24-11-5-2-6-12-24)36(28-19-17-27(34)18-20-28)32(26)25-13-7-3-8-14-25/h2-22H,1H3/b30-21-. The summed E-state index contributed by atoms with van der Waals surface area (Å²) < 4.78 is 3.28. The van der Waals surface area contributed by atoms with Gasteiger partial charge < -0.3 is 4.57 Å². The predicted molar refractivity (Wildman–Crippen MR) is 159 cm³/mol. The maximum atomic E-state index is 13.6. The minimum Gasteiger partial charge on any atom is -0.309 e. The van der Waals surface area contributed by atoms with Crippen molar-refractivity contribution in [1.82, 2.24) is 4.57 Å². The number of hydrogen-bond donors (Lipinski definition) is 0. The van der Waals surface area contributed by atoms with Gasteiger partial charge in [-0.25, -0.2) is 0 Å². The highest BCUT2D eigenvalue weighted by Gasteiger charge is 2.29. The van der Waals surface area contributed by atoms with Gasteiger partial charge in [0.05, 0.1) is 28.4 Å². The molecule has 38 heavy (non-hydrogen) atoms. The average molecular weight is 558 g/mol. The fourth-order valence-electron chi connectivity index (χ4n) is 4.80. The second kappa shape index (κ2) is 10.1. The van der Waals surface area contributed by atoms with E-state index in [1.165, 1.54) is 5.01 Å². The molecular formula is C33H24BrN3O. The average Bonchev–Trinajstić information content (AvgIpc) is 3.48. The van der Waals surface area contributed by atoms with Gasteiger partial charge in [0.2, 0.25) is 0 Å². The molecule has 1 amide bonds. The number of benzene rings is 4. The van der Waals surface area contributed by atoms with Crippen molar-refractivity contribution in [3.05, 3.63) is 137 Å². The Kier molecular flexibility index (Phi) is 6.36. The van der Waals surface area contributed by atoms with Crippen molar-refractivity contribution in [2.45, 2.75) is 6.92 Å². The number of carbonyl (C=O) groups excluding carboxylic acids is 1. The maximum absolute atomic E-state index is 13.6. The van der Waals surface area contributed by atoms with Crippen molar-refractivity contribution >= 4 is 39.3 Å². The van der Waals surface area contributed by atoms with E-state index in [0.29, 0.717) is 11.3 Å². The summed E-state index contributed by atoms with van der Waals surface area (Å²) in [6.07, 6.45) is 1.98. The first-order chi connectivity index (χ1) is 18.6. The highest BCUT2D eigenvalue weighted by atomic mass is 79.9. The molecule has 1 aliphatic heterocycles. The van der Waals surface area contributed by atoms with Crippen LogP contribution < -0.4 is 5.01 Å². The van der Waals surface area contributed by atoms with Gasteiger partial charge in [0.1, 0.15) is 0 Å². The van der Waals surface area contributed by atoms with Gasteiger partial charge in [-0.1, -0.05) is 94.8 Å². The van der Waals surface area contributed by atoms with E-state index in [-0.39, 0.29) is 5.91 Å². The van der Waals surface area contributed by atoms with Crippen molar-refractivity contribution in [3.63, 3.8) is 0 Å². The molecule has 5 heteroatoms. The number of hydrogen-bond acceptors (Lipinski definition) is 2. The Morgan fingerprint density at radius 1 is 0.711 bits per heavy atom. The SMILES string of the molecule is CC1=NN(c2ccccc2)C(=O)/C1=C\c1cc(-c2ccccc2)n(-c2ccc(Br)cc2)c1-c1ccccc1. The molecule has 2 heterocycles. The summed E-state index contributed by atoms with van der Waals surface area (Å²) >= 11 is 3.57. The van der Waals surface area contributed by atoms with Gasteiger partial charge in [-0.2, -0.15) is 10.1 Å². The van der Waals surface area contributed by atoms with Gasteiger partial charge >= 0.3 is 0 Å². The van der Waals surface area contributed by atoms with Gasteiger partial charge in [0.15, 0.2) is 0 Å². The zero-order chi connectivity index (χ0) is 26.1. The number of rotatable bonds is 5. The second-order valence-corrected chi connectivity index (χ2v) is 9.99. The van der Waals surface area contributed by atoms with Crippen LogP contribution >= 0.6 is 15.9 Å². The van der Waals surface area contributed by atoms with E-state index in [9.17, 15) is 4.79 Å². The summed E-state index contributed by atoms with van der Waals surface area (Å²) in [5.41, 5.74) is 8.21. The van der Waals surface area contributed by atoms with Crippen LogP contribution in [0, 0.1) is 0 Å². The number of para-hydroxylation sites is 1. The topological polar surface area (TPSA) is 37.6 Å². The van der Waals surface area contributed by atoms with E-state index >= 15 is 0 Å². The molecule has 0 N–H and O–H groups in total. The van der Waals surface area contributed by atoms with Gasteiger partial charge in [0, 0.05) is 15.7 Å². The fourth-order valence-corrected chi connectivity index (χ4v) is 5.06. The lowest BCUT2D eigenvalue weighted by Gasteiger charge is -2.15. The van der Waals surface area contributed by atoms with Crippen molar-refractivity contribution < 1.29 is 4.79 Å². The minimum absolute atomic E-state index is 0.134. The third-order valence-electron chi connectivity index (χ3n) is 6.59. The maximum Gasteiger partial charge on any atom is 0.280 e. The van der Waals surface area contributed by atoms with Crippen molar-refractivity contribution in [1.29, 1.82) is 0 Å². The van der Waals surface area contributed by atoms with Crippen molar-refractivity contribution in [3.8, 4) is 28.2 Å². The monoisotopic (exact) mass is 557 g/mol. The van der Waals surface area contributed by atoms with E-state index < -0.39 is 0 Å². The molecule has 0 aliphatic carbocycles. The molecule has 1 aromatic heterocycles. The van der Waals surface area contributed by atoms with Gasteiger partial charge in [-0.15, -0.1) is 0 Å². The number of aromatic nitrogens is 1. The zero-order valence-electron chi connectivity index (χ0n) is 20.8. The number of halogens is 1. The summed E-state index contributed by atoms with van der Waals surface area (Å²) in [4.78, 5) is 13.6. The third-order valence-corrected chi connectivity index (χ3v) is 7.12. The molecule has 5 aromatic rings. The van der Waals surface area contributed by atoms with E-state index in [1.54, 1.807) is 0 Å². The van der Waals surface area contributed by atoms with Crippen LogP contribution in [-0.2, 0) is 4.79 Å². The quantitative estimate of drug-likeness (QED) is 0.200. The molecule has 0 bridgehead atoms. The summed E-state index contributed by atoms with van der Waals surface area (Å²) in [5.74, 6) is -0.134. The third kappa shape index (κ3) is 4.42. The Hall–Kier alpha value is -4.48. The molecule has 4 nitrogen and oxygen atoms in total. The zero-order valence-corrected chi connectivity index (χ0v) is 22.3. The smallest absolute Gasteiger partial charge is 0.280 e. The minimum atomic E-state index is -0.134. The van der Waals surface area contributed by atoms with E-state index in [0.717, 1.165) is 43.9 Å². The first kappa shape index (κ1) is 23.9. The normalized spacial score (nSPS) is 14.3. The number of amides is 1. The largest absolute Gasteiger partial charge is 0.309 e. The first-order valence-corrected chi connectivity index (χ1v) is 13.2. The van der Waals surface area contributed by atoms with Crippen LogP contribution in [0.5, 0.6) is 0 Å². The Labute approximate surface area is 230 Å². The molecule has 0 unspecified atom stereocenters. The van der Waals surface area contributed by atoms with E-state index in [4.69, 9.17) is 0 Å². The molecule has 0 saturated heterocycles. The lowest BCUT2D eigenvalue weighted by Crippen LogP contribution is -2.21. The van der Waals surface area contributed by atoms with Crippen molar-refractivity contribution in [2.75, 3.05) is 5.01 Å². The van der Waals surface area contributed by atoms with Crippen LogP contribution in [0.15, 0.2) is 136 Å². The molecule has 0 saturated carbocycles. The highest BCUT2D eigenvalue weighted by Crippen LogP contribution is 2.38. The molecule has 184 valence electrons. The van der Waals surface area contributed by atoms with E-state index in [1.807, 2.05) is 91.9 Å². The van der Waals surface area contributed by atoms with Gasteiger partial charge in [0.25, 0.3) is 5.91 Å². The van der Waals surface area contributed by atoms with Crippen LogP contribution in [0.4, 0.5) is 5.69 Å². The van der Waals surface area contributed by atoms with E-state index in [2.05, 4.69) is 68.1 Å². The van der Waals surface area contributed by atoms with Crippen molar-refractivity contribution in [2.24, 2.45) is 5.10 Å². The summed E-state index contributed by atoms with van der Waals surface area (Å²) in [7, 11) is 0. The molecule has 0 atom stereocenters. The summed E-state index contributed by atoms with van der Waals surface area (Å²) in [6, 6.07) is 40.6. The molecule has 0 fully saturated rings. The molecule has 1 aliphatic rings. The summed E-state index contributed by atoms with van der Waals surface area (Å²) in [5, 5.41) is 6.07. The Bertz CT molecular complexity index is 1670. The van der Waals surface area contributed by atoms with Crippen LogP contribution in [-0.4, -0.2) is 16.2 Å². The van der Waals surface area contributed by atoms with Crippen LogP contribution in [0.3, 0.4) is 0 Å². The second-order valence-electron chi connectivity index (χ2n) is 9.07. The lowest BCUT2D eigenvalue weighted by molar-refractivity contribution is -0.114. The number of anilines is 1. The number of nitrogens with zero attached hydrogens (tertiary/aromatic N) is 3. The first-order valence-electron chi connectivity index (χ1n) is 12.4. The van der Waals surface area contributed by atoms with Crippen LogP contribution in [0.2, 0.25) is 0 Å². The van der Waals surface area contributed by atoms with Crippen LogP contribution in [0.1, 0.15) is 12.5 Å². The molecular weight excluding hydrogens is 534 g/mol. The van der Waals surface area contributed by atoms with Gasteiger partial charge in [-0.05, 0) is 66.6 Å². The molecule has 0 radical (unpaired) electrons. The Balaban J connectivity index is 1.59. The molecule has 4 aromatic carbocycles. The molecule has 0 spiro atoms. The van der Waals surface area contributed by atoms with Crippen LogP contribution in [0.25, 0.3) is 34.3 Å². The Morgan fingerprint density at radius 2 is 1.29 bits per heavy atom. The van der Waals surface area contributed by atoms with Gasteiger partial charge in [-0.3, -0.25) is 4.79 Å². The summed E-state index contributed by atoms with van der Waals surface area (Å²) in [6.45, 7) is 1.89. The predicted octanol–water partition coefficient (Wildman–Crippen LogP) is 8.38. The number of carbonyl (C=O) groups is 1. The highest BCUT2D eigenvalue weighted by molar-refractivity contribution is 9.10. The number of hydrazone groups is 1. The molecule has 6 rings (SSSR count). The lowest BCUT2D eigenvalue weighted by atomic mass is 10.0. The Morgan fingerprint density at radius 3 is 1.92 bits per heavy atom.